The summed E-state index contributed by atoms with van der Waals surface area (Å²) in [6.07, 6.45) is -3.12. The third kappa shape index (κ3) is 1.88. The fourth-order valence-corrected chi connectivity index (χ4v) is 2.26. The van der Waals surface area contributed by atoms with Crippen molar-refractivity contribution in [3.63, 3.8) is 0 Å². The van der Waals surface area contributed by atoms with E-state index in [1.54, 1.807) is 0 Å². The van der Waals surface area contributed by atoms with E-state index in [1.807, 2.05) is 0 Å². The molecule has 2 N–H and O–H groups in total. The van der Waals surface area contributed by atoms with Crippen LogP contribution in [0.15, 0.2) is 18.2 Å². The average Bonchev–Trinajstić information content (AvgIpc) is 3.08. The summed E-state index contributed by atoms with van der Waals surface area (Å²) in [6.45, 7) is 0.892. The third-order valence-electron chi connectivity index (χ3n) is 3.62. The largest absolute Gasteiger partial charge is 0.413 e. The molecule has 1 atom stereocenters. The van der Waals surface area contributed by atoms with Crippen molar-refractivity contribution in [3.8, 4) is 0 Å². The molecule has 0 saturated heterocycles. The number of aromatic nitrogens is 2. The van der Waals surface area contributed by atoms with E-state index < -0.39 is 17.5 Å². The maximum atomic E-state index is 13.3. The first-order chi connectivity index (χ1) is 9.22. The van der Waals surface area contributed by atoms with Gasteiger partial charge in [-0.3, -0.25) is 0 Å². The van der Waals surface area contributed by atoms with Crippen LogP contribution in [0.25, 0.3) is 11.0 Å². The maximum Gasteiger partial charge on any atom is 0.413 e. The summed E-state index contributed by atoms with van der Waals surface area (Å²) in [7, 11) is 0. The van der Waals surface area contributed by atoms with E-state index >= 15 is 0 Å². The van der Waals surface area contributed by atoms with Crippen molar-refractivity contribution in [1.82, 2.24) is 9.55 Å². The molecule has 3 nitrogen and oxygen atoms in total. The number of imidazole rings is 1. The molecule has 1 aliphatic carbocycles. The molecule has 1 fully saturated rings. The summed E-state index contributed by atoms with van der Waals surface area (Å²) < 4.78 is 54.2. The zero-order valence-corrected chi connectivity index (χ0v) is 10.7. The van der Waals surface area contributed by atoms with Crippen LogP contribution in [0, 0.1) is 5.82 Å². The molecule has 0 radical (unpaired) electrons. The highest BCUT2D eigenvalue weighted by atomic mass is 19.4. The van der Waals surface area contributed by atoms with E-state index in [-0.39, 0.29) is 11.9 Å². The van der Waals surface area contributed by atoms with E-state index in [1.165, 1.54) is 22.8 Å². The van der Waals surface area contributed by atoms with Gasteiger partial charge in [0.25, 0.3) is 0 Å². The number of rotatable bonds is 2. The second kappa shape index (κ2) is 3.94. The number of halogens is 4. The van der Waals surface area contributed by atoms with Crippen LogP contribution in [0.1, 0.15) is 31.6 Å². The van der Waals surface area contributed by atoms with Crippen molar-refractivity contribution in [2.45, 2.75) is 37.5 Å². The maximum absolute atomic E-state index is 13.3. The number of benzene rings is 1. The Labute approximate surface area is 112 Å². The number of hydrogen-bond donors (Lipinski definition) is 1. The van der Waals surface area contributed by atoms with Crippen LogP contribution in [0.2, 0.25) is 0 Å². The van der Waals surface area contributed by atoms with Gasteiger partial charge in [0.1, 0.15) is 11.6 Å². The minimum absolute atomic E-state index is 0.0815. The monoisotopic (exact) mass is 287 g/mol. The number of nitrogens with zero attached hydrogens (tertiary/aromatic N) is 2. The van der Waals surface area contributed by atoms with E-state index in [0.717, 1.165) is 19.8 Å². The summed E-state index contributed by atoms with van der Waals surface area (Å²) >= 11 is 0. The summed E-state index contributed by atoms with van der Waals surface area (Å²) in [5.74, 6) is -0.760. The molecule has 1 saturated carbocycles. The van der Waals surface area contributed by atoms with Gasteiger partial charge in [-0.2, -0.15) is 13.2 Å². The standard InChI is InChI=1S/C13H13F4N3/c1-12(18,13(15,16)17)11-19-9-5-2-7(14)6-10(9)20(11)8-3-4-8/h2,5-6,8H,3-4,18H2,1H3. The van der Waals surface area contributed by atoms with Crippen LogP contribution in [-0.2, 0) is 5.54 Å². The molecular weight excluding hydrogens is 274 g/mol. The van der Waals surface area contributed by atoms with Crippen LogP contribution in [0.4, 0.5) is 17.6 Å². The summed E-state index contributed by atoms with van der Waals surface area (Å²) in [5.41, 5.74) is 3.61. The number of nitrogens with two attached hydrogens (primary N) is 1. The molecule has 0 amide bonds. The Morgan fingerprint density at radius 2 is 1.95 bits per heavy atom. The van der Waals surface area contributed by atoms with Gasteiger partial charge in [0.05, 0.1) is 11.0 Å². The van der Waals surface area contributed by atoms with Crippen LogP contribution in [-0.4, -0.2) is 15.7 Å². The highest BCUT2D eigenvalue weighted by molar-refractivity contribution is 5.76. The first kappa shape index (κ1) is 13.4. The Balaban J connectivity index is 2.28. The summed E-state index contributed by atoms with van der Waals surface area (Å²) in [4.78, 5) is 4.00. The minimum Gasteiger partial charge on any atom is -0.323 e. The molecule has 1 aromatic heterocycles. The van der Waals surface area contributed by atoms with Gasteiger partial charge in [-0.1, -0.05) is 0 Å². The van der Waals surface area contributed by atoms with Crippen molar-refractivity contribution in [2.75, 3.05) is 0 Å². The van der Waals surface area contributed by atoms with Crippen molar-refractivity contribution in [1.29, 1.82) is 0 Å². The molecule has 3 rings (SSSR count). The van der Waals surface area contributed by atoms with Crippen LogP contribution >= 0.6 is 0 Å². The van der Waals surface area contributed by atoms with Gasteiger partial charge in [-0.05, 0) is 38.0 Å². The van der Waals surface area contributed by atoms with Crippen LogP contribution < -0.4 is 5.73 Å². The molecule has 1 unspecified atom stereocenters. The lowest BCUT2D eigenvalue weighted by Crippen LogP contribution is -2.49. The topological polar surface area (TPSA) is 43.8 Å². The molecular formula is C13H13F4N3. The fourth-order valence-electron chi connectivity index (χ4n) is 2.26. The smallest absolute Gasteiger partial charge is 0.323 e. The molecule has 1 aromatic carbocycles. The molecule has 0 aliphatic heterocycles. The average molecular weight is 287 g/mol. The molecule has 1 aliphatic rings. The second-order valence-electron chi connectivity index (χ2n) is 5.37. The van der Waals surface area contributed by atoms with Gasteiger partial charge >= 0.3 is 6.18 Å². The van der Waals surface area contributed by atoms with Gasteiger partial charge in [-0.15, -0.1) is 0 Å². The van der Waals surface area contributed by atoms with Crippen molar-refractivity contribution < 1.29 is 17.6 Å². The van der Waals surface area contributed by atoms with Crippen molar-refractivity contribution >= 4 is 11.0 Å². The number of fused-ring (bicyclic) bond motifs is 1. The second-order valence-corrected chi connectivity index (χ2v) is 5.37. The summed E-state index contributed by atoms with van der Waals surface area (Å²) in [5, 5.41) is 0. The SMILES string of the molecule is CC(N)(c1nc2ccc(F)cc2n1C1CC1)C(F)(F)F. The number of alkyl halides is 3. The fraction of sp³-hybridized carbons (Fsp3) is 0.462. The van der Waals surface area contributed by atoms with E-state index in [2.05, 4.69) is 4.98 Å². The predicted octanol–water partition coefficient (Wildman–Crippen LogP) is 3.25. The van der Waals surface area contributed by atoms with Gasteiger partial charge in [0.2, 0.25) is 0 Å². The van der Waals surface area contributed by atoms with Crippen molar-refractivity contribution in [2.24, 2.45) is 5.73 Å². The van der Waals surface area contributed by atoms with E-state index in [9.17, 15) is 17.6 Å². The van der Waals surface area contributed by atoms with Gasteiger partial charge < -0.3 is 10.3 Å². The summed E-state index contributed by atoms with van der Waals surface area (Å²) in [6, 6.07) is 3.68. The normalized spacial score (nSPS) is 19.3. The zero-order chi connectivity index (χ0) is 14.7. The zero-order valence-electron chi connectivity index (χ0n) is 10.7. The molecule has 108 valence electrons. The molecule has 20 heavy (non-hydrogen) atoms. The Bertz CT molecular complexity index is 668. The molecule has 0 bridgehead atoms. The van der Waals surface area contributed by atoms with Gasteiger partial charge in [0.15, 0.2) is 5.54 Å². The Hall–Kier alpha value is -1.63. The Morgan fingerprint density at radius 1 is 1.30 bits per heavy atom. The number of hydrogen-bond acceptors (Lipinski definition) is 2. The first-order valence-corrected chi connectivity index (χ1v) is 6.25. The minimum atomic E-state index is -4.63. The van der Waals surface area contributed by atoms with Crippen molar-refractivity contribution in [3.05, 3.63) is 29.8 Å². The first-order valence-electron chi connectivity index (χ1n) is 6.25. The van der Waals surface area contributed by atoms with E-state index in [0.29, 0.717) is 11.0 Å². The highest BCUT2D eigenvalue weighted by Gasteiger charge is 2.53. The molecule has 1 heterocycles. The molecule has 0 spiro atoms. The van der Waals surface area contributed by atoms with Gasteiger partial charge in [-0.25, -0.2) is 9.37 Å². The lowest BCUT2D eigenvalue weighted by molar-refractivity contribution is -0.186. The quantitative estimate of drug-likeness (QED) is 0.862. The van der Waals surface area contributed by atoms with E-state index in [4.69, 9.17) is 5.73 Å². The third-order valence-corrected chi connectivity index (χ3v) is 3.62. The Kier molecular flexibility index (Phi) is 2.63. The molecule has 2 aromatic rings. The highest BCUT2D eigenvalue weighted by Crippen LogP contribution is 2.44. The van der Waals surface area contributed by atoms with Crippen LogP contribution in [0.3, 0.4) is 0 Å². The Morgan fingerprint density at radius 3 is 2.50 bits per heavy atom. The predicted molar refractivity (Wildman–Crippen MR) is 65.6 cm³/mol. The van der Waals surface area contributed by atoms with Gasteiger partial charge in [0, 0.05) is 6.04 Å². The lowest BCUT2D eigenvalue weighted by Gasteiger charge is -2.27. The lowest BCUT2D eigenvalue weighted by atomic mass is 10.0. The van der Waals surface area contributed by atoms with Crippen LogP contribution in [0.5, 0.6) is 0 Å². The molecule has 7 heteroatoms.